The molecule has 152 valence electrons. The van der Waals surface area contributed by atoms with Gasteiger partial charge in [-0.3, -0.25) is 33.8 Å². The van der Waals surface area contributed by atoms with E-state index in [1.807, 2.05) is 27.7 Å². The molecule has 0 saturated carbocycles. The lowest BCUT2D eigenvalue weighted by atomic mass is 10.0. The molecule has 0 aromatic heterocycles. The average Bonchev–Trinajstić information content (AvgIpc) is 2.95. The number of carbonyl (C=O) groups is 5. The molecule has 1 saturated heterocycles. The molecule has 1 aromatic rings. The lowest BCUT2D eigenvalue weighted by Gasteiger charge is -2.32. The number of fused-ring (bicyclic) bond motifs is 1. The van der Waals surface area contributed by atoms with E-state index in [0.717, 1.165) is 9.80 Å². The van der Waals surface area contributed by atoms with Crippen molar-refractivity contribution in [3.05, 3.63) is 29.3 Å². The fraction of sp³-hybridized carbons (Fsp3) is 0.450. The van der Waals surface area contributed by atoms with Crippen LogP contribution in [0.1, 0.15) is 68.2 Å². The van der Waals surface area contributed by atoms with Crippen molar-refractivity contribution >= 4 is 35.2 Å². The summed E-state index contributed by atoms with van der Waals surface area (Å²) < 4.78 is 0. The van der Waals surface area contributed by atoms with Gasteiger partial charge in [0, 0.05) is 20.4 Å². The Balaban J connectivity index is 0.000000921. The van der Waals surface area contributed by atoms with Crippen LogP contribution in [0.3, 0.4) is 0 Å². The fourth-order valence-electron chi connectivity index (χ4n) is 3.02. The van der Waals surface area contributed by atoms with Crippen molar-refractivity contribution in [2.75, 3.05) is 12.4 Å². The second-order valence-corrected chi connectivity index (χ2v) is 5.74. The highest BCUT2D eigenvalue weighted by Crippen LogP contribution is 2.33. The average molecular weight is 389 g/mol. The summed E-state index contributed by atoms with van der Waals surface area (Å²) in [5.41, 5.74) is 0.442. The highest BCUT2D eigenvalue weighted by atomic mass is 16.2. The highest BCUT2D eigenvalue weighted by Gasteiger charge is 2.47. The molecule has 2 aliphatic heterocycles. The van der Waals surface area contributed by atoms with Gasteiger partial charge in [-0.25, -0.2) is 0 Å². The molecule has 1 unspecified atom stereocenters. The zero-order valence-electron chi connectivity index (χ0n) is 17.2. The van der Waals surface area contributed by atoms with Gasteiger partial charge in [-0.15, -0.1) is 0 Å². The normalized spacial score (nSPS) is 18.0. The van der Waals surface area contributed by atoms with Crippen LogP contribution in [0.4, 0.5) is 5.69 Å². The second-order valence-electron chi connectivity index (χ2n) is 5.74. The maximum Gasteiger partial charge on any atom is 0.264 e. The van der Waals surface area contributed by atoms with Crippen LogP contribution in [0, 0.1) is 0 Å². The number of nitrogens with one attached hydrogen (secondary N) is 1. The van der Waals surface area contributed by atoms with Gasteiger partial charge in [0.05, 0.1) is 16.8 Å². The van der Waals surface area contributed by atoms with Gasteiger partial charge >= 0.3 is 0 Å². The molecule has 28 heavy (non-hydrogen) atoms. The van der Waals surface area contributed by atoms with Gasteiger partial charge in [-0.2, -0.15) is 0 Å². The number of rotatable bonds is 2. The number of amides is 5. The van der Waals surface area contributed by atoms with Gasteiger partial charge in [0.25, 0.3) is 17.7 Å². The Morgan fingerprint density at radius 3 is 2.21 bits per heavy atom. The van der Waals surface area contributed by atoms with Crippen molar-refractivity contribution in [2.45, 2.75) is 53.5 Å². The molecule has 0 aliphatic carbocycles. The summed E-state index contributed by atoms with van der Waals surface area (Å²) in [5.74, 6) is -2.53. The van der Waals surface area contributed by atoms with Crippen molar-refractivity contribution in [1.29, 1.82) is 0 Å². The van der Waals surface area contributed by atoms with Gasteiger partial charge in [0.1, 0.15) is 6.04 Å². The van der Waals surface area contributed by atoms with Gasteiger partial charge in [-0.05, 0) is 18.6 Å². The van der Waals surface area contributed by atoms with E-state index in [1.165, 1.54) is 26.1 Å². The van der Waals surface area contributed by atoms with Crippen LogP contribution in [0.2, 0.25) is 0 Å². The van der Waals surface area contributed by atoms with Crippen LogP contribution >= 0.6 is 0 Å². The zero-order chi connectivity index (χ0) is 21.6. The number of carbonyl (C=O) groups excluding carboxylic acids is 5. The molecule has 1 N–H and O–H groups in total. The van der Waals surface area contributed by atoms with E-state index in [9.17, 15) is 24.0 Å². The molecule has 0 bridgehead atoms. The predicted octanol–water partition coefficient (Wildman–Crippen LogP) is 2.44. The number of nitrogens with zero attached hydrogens (tertiary/aromatic N) is 2. The molecule has 3 rings (SSSR count). The minimum atomic E-state index is -1.01. The minimum absolute atomic E-state index is 0.0741. The maximum absolute atomic E-state index is 12.7. The van der Waals surface area contributed by atoms with E-state index in [1.54, 1.807) is 6.07 Å². The number of hydrogen-bond donors (Lipinski definition) is 1. The lowest BCUT2D eigenvalue weighted by molar-refractivity contribution is -0.149. The smallest absolute Gasteiger partial charge is 0.264 e. The Morgan fingerprint density at radius 1 is 1.04 bits per heavy atom. The summed E-state index contributed by atoms with van der Waals surface area (Å²) in [7, 11) is 1.33. The Labute approximate surface area is 164 Å². The van der Waals surface area contributed by atoms with Gasteiger partial charge < -0.3 is 5.32 Å². The molecule has 0 radical (unpaired) electrons. The van der Waals surface area contributed by atoms with Crippen LogP contribution in [0.15, 0.2) is 18.2 Å². The van der Waals surface area contributed by atoms with Crippen LogP contribution in [0.5, 0.6) is 0 Å². The first-order chi connectivity index (χ1) is 13.3. The maximum atomic E-state index is 12.7. The van der Waals surface area contributed by atoms with E-state index >= 15 is 0 Å². The fourth-order valence-corrected chi connectivity index (χ4v) is 3.02. The quantitative estimate of drug-likeness (QED) is 0.783. The van der Waals surface area contributed by atoms with Crippen molar-refractivity contribution in [2.24, 2.45) is 0 Å². The first-order valence-electron chi connectivity index (χ1n) is 9.41. The van der Waals surface area contributed by atoms with Crippen LogP contribution in [-0.2, 0) is 14.4 Å². The SMILES string of the molecule is CC.CC.CC(=O)Nc1cccc2c1C(=O)N(C1CCC(=O)N(C)C1=O)C2=O. The number of piperidine rings is 1. The molecular weight excluding hydrogens is 362 g/mol. The molecule has 1 aromatic carbocycles. The molecule has 8 nitrogen and oxygen atoms in total. The van der Waals surface area contributed by atoms with Crippen molar-refractivity contribution in [1.82, 2.24) is 9.80 Å². The van der Waals surface area contributed by atoms with Gasteiger partial charge in [-0.1, -0.05) is 33.8 Å². The summed E-state index contributed by atoms with van der Waals surface area (Å²) in [6, 6.07) is 3.54. The lowest BCUT2D eigenvalue weighted by Crippen LogP contribution is -2.54. The molecule has 1 fully saturated rings. The van der Waals surface area contributed by atoms with Gasteiger partial charge in [0.15, 0.2) is 0 Å². The Hall–Kier alpha value is -3.03. The Kier molecular flexibility index (Phi) is 8.03. The minimum Gasteiger partial charge on any atom is -0.326 e. The third-order valence-electron chi connectivity index (χ3n) is 4.19. The summed E-state index contributed by atoms with van der Waals surface area (Å²) in [4.78, 5) is 62.4. The molecule has 2 aliphatic rings. The molecule has 8 heteroatoms. The highest BCUT2D eigenvalue weighted by molar-refractivity contribution is 6.26. The number of likely N-dealkylation sites (N-methyl/N-ethyl adjacent to an activating group) is 1. The summed E-state index contributed by atoms with van der Waals surface area (Å²) in [6.45, 7) is 9.30. The number of benzene rings is 1. The summed E-state index contributed by atoms with van der Waals surface area (Å²) >= 11 is 0. The van der Waals surface area contributed by atoms with Crippen LogP contribution in [0.25, 0.3) is 0 Å². The van der Waals surface area contributed by atoms with Crippen molar-refractivity contribution in [3.63, 3.8) is 0 Å². The van der Waals surface area contributed by atoms with E-state index in [2.05, 4.69) is 5.32 Å². The first kappa shape index (κ1) is 23.0. The van der Waals surface area contributed by atoms with E-state index in [0.29, 0.717) is 0 Å². The monoisotopic (exact) mass is 389 g/mol. The Morgan fingerprint density at radius 2 is 1.64 bits per heavy atom. The molecule has 0 spiro atoms. The van der Waals surface area contributed by atoms with Crippen LogP contribution < -0.4 is 5.32 Å². The Bertz CT molecular complexity index is 803. The summed E-state index contributed by atoms with van der Waals surface area (Å²) in [5, 5.41) is 2.52. The second kappa shape index (κ2) is 9.77. The zero-order valence-corrected chi connectivity index (χ0v) is 17.2. The number of likely N-dealkylation sites (tertiary alicyclic amines) is 1. The molecule has 5 amide bonds. The topological polar surface area (TPSA) is 104 Å². The van der Waals surface area contributed by atoms with Gasteiger partial charge in [0.2, 0.25) is 11.8 Å². The molecule has 2 heterocycles. The van der Waals surface area contributed by atoms with Crippen molar-refractivity contribution in [3.8, 4) is 0 Å². The number of anilines is 1. The predicted molar refractivity (Wildman–Crippen MR) is 105 cm³/mol. The summed E-state index contributed by atoms with van der Waals surface area (Å²) in [6.07, 6.45) is 0.182. The first-order valence-corrected chi connectivity index (χ1v) is 9.41. The van der Waals surface area contributed by atoms with E-state index in [4.69, 9.17) is 0 Å². The van der Waals surface area contributed by atoms with Crippen LogP contribution in [-0.4, -0.2) is 52.4 Å². The standard InChI is InChI=1S/C16H15N3O5.2C2H6/c1-8(20)17-10-5-3-4-9-13(10)16(24)19(14(9)22)11-6-7-12(21)18(2)15(11)23;2*1-2/h3-5,11H,6-7H2,1-2H3,(H,17,20);2*1-2H3. The number of imide groups is 2. The van der Waals surface area contributed by atoms with E-state index < -0.39 is 23.8 Å². The largest absolute Gasteiger partial charge is 0.326 e. The third kappa shape index (κ3) is 4.11. The van der Waals surface area contributed by atoms with Crippen molar-refractivity contribution < 1.29 is 24.0 Å². The molecule has 1 atom stereocenters. The number of hydrogen-bond acceptors (Lipinski definition) is 5. The third-order valence-corrected chi connectivity index (χ3v) is 4.19. The van der Waals surface area contributed by atoms with E-state index in [-0.39, 0.29) is 41.5 Å². The molecular formula is C20H27N3O5.